The molecule has 0 radical (unpaired) electrons. The third-order valence-corrected chi connectivity index (χ3v) is 4.44. The zero-order chi connectivity index (χ0) is 15.5. The van der Waals surface area contributed by atoms with Gasteiger partial charge in [-0.05, 0) is 61.9 Å². The molecule has 2 aromatic rings. The monoisotopic (exact) mass is 300 g/mol. The molecule has 4 heteroatoms. The first-order valence-electron chi connectivity index (χ1n) is 8.18. The summed E-state index contributed by atoms with van der Waals surface area (Å²) in [6, 6.07) is 5.85. The van der Waals surface area contributed by atoms with Crippen molar-refractivity contribution in [3.63, 3.8) is 0 Å². The third-order valence-electron chi connectivity index (χ3n) is 4.44. The Hall–Kier alpha value is -1.81. The fraction of sp³-hybridized carbons (Fsp3) is 0.500. The Balaban J connectivity index is 1.74. The van der Waals surface area contributed by atoms with Crippen LogP contribution >= 0.6 is 0 Å². The molecule has 1 aromatic heterocycles. The number of aromatic nitrogens is 1. The van der Waals surface area contributed by atoms with Crippen molar-refractivity contribution in [3.8, 4) is 5.75 Å². The van der Waals surface area contributed by atoms with Gasteiger partial charge in [0.25, 0.3) is 5.56 Å². The number of rotatable bonds is 4. The van der Waals surface area contributed by atoms with E-state index in [1.54, 1.807) is 6.20 Å². The minimum Gasteiger partial charge on any atom is -0.490 e. The molecule has 4 nitrogen and oxygen atoms in total. The molecule has 1 saturated heterocycles. The van der Waals surface area contributed by atoms with Crippen LogP contribution in [-0.2, 0) is 0 Å². The molecule has 0 unspecified atom stereocenters. The normalized spacial score (nSPS) is 17.0. The number of hydrogen-bond acceptors (Lipinski definition) is 3. The van der Waals surface area contributed by atoms with Gasteiger partial charge in [0.1, 0.15) is 11.9 Å². The lowest BCUT2D eigenvalue weighted by atomic mass is 10.1. The van der Waals surface area contributed by atoms with E-state index in [1.165, 1.54) is 13.0 Å². The molecular weight excluding hydrogens is 276 g/mol. The number of ether oxygens (including phenoxy) is 1. The second kappa shape index (κ2) is 6.53. The fourth-order valence-electron chi connectivity index (χ4n) is 3.20. The molecule has 0 spiro atoms. The molecule has 0 atom stereocenters. The summed E-state index contributed by atoms with van der Waals surface area (Å²) in [5.41, 5.74) is 0.986. The summed E-state index contributed by atoms with van der Waals surface area (Å²) >= 11 is 0. The maximum Gasteiger partial charge on any atom is 0.255 e. The van der Waals surface area contributed by atoms with Gasteiger partial charge in [-0.15, -0.1) is 0 Å². The first-order valence-corrected chi connectivity index (χ1v) is 8.18. The van der Waals surface area contributed by atoms with Gasteiger partial charge in [0, 0.05) is 24.7 Å². The lowest BCUT2D eigenvalue weighted by Gasteiger charge is -2.32. The van der Waals surface area contributed by atoms with Gasteiger partial charge in [-0.1, -0.05) is 6.92 Å². The Morgan fingerprint density at radius 2 is 2.09 bits per heavy atom. The van der Waals surface area contributed by atoms with Gasteiger partial charge in [-0.2, -0.15) is 0 Å². The highest BCUT2D eigenvalue weighted by molar-refractivity contribution is 5.83. The zero-order valence-electron chi connectivity index (χ0n) is 13.4. The van der Waals surface area contributed by atoms with E-state index in [-0.39, 0.29) is 11.7 Å². The van der Waals surface area contributed by atoms with Gasteiger partial charge in [0.15, 0.2) is 0 Å². The van der Waals surface area contributed by atoms with Crippen molar-refractivity contribution < 1.29 is 4.74 Å². The molecule has 0 amide bonds. The molecule has 1 fully saturated rings. The summed E-state index contributed by atoms with van der Waals surface area (Å²) < 4.78 is 6.22. The average Bonchev–Trinajstić information content (AvgIpc) is 2.51. The van der Waals surface area contributed by atoms with Crippen molar-refractivity contribution in [2.45, 2.75) is 39.2 Å². The Morgan fingerprint density at radius 3 is 2.82 bits per heavy atom. The number of nitrogens with zero attached hydrogens (tertiary/aromatic N) is 1. The van der Waals surface area contributed by atoms with E-state index in [1.807, 2.05) is 25.1 Å². The molecule has 2 heterocycles. The van der Waals surface area contributed by atoms with Crippen LogP contribution in [0, 0.1) is 6.92 Å². The minimum atomic E-state index is -0.0416. The van der Waals surface area contributed by atoms with Crippen LogP contribution in [0.1, 0.15) is 31.7 Å². The Kier molecular flexibility index (Phi) is 4.48. The molecule has 118 valence electrons. The maximum absolute atomic E-state index is 11.8. The van der Waals surface area contributed by atoms with E-state index in [2.05, 4.69) is 16.8 Å². The minimum absolute atomic E-state index is 0.0416. The first-order chi connectivity index (χ1) is 10.7. The van der Waals surface area contributed by atoms with E-state index in [9.17, 15) is 4.79 Å². The second-order valence-corrected chi connectivity index (χ2v) is 6.17. The molecule has 0 saturated carbocycles. The van der Waals surface area contributed by atoms with Gasteiger partial charge in [-0.25, -0.2) is 0 Å². The fourth-order valence-corrected chi connectivity index (χ4v) is 3.20. The molecular formula is C18H24N2O2. The maximum atomic E-state index is 11.8. The van der Waals surface area contributed by atoms with E-state index in [4.69, 9.17) is 4.74 Å². The number of aryl methyl sites for hydroxylation is 1. The quantitative estimate of drug-likeness (QED) is 0.943. The van der Waals surface area contributed by atoms with E-state index in [0.29, 0.717) is 0 Å². The predicted molar refractivity (Wildman–Crippen MR) is 89.7 cm³/mol. The molecule has 1 aliphatic rings. The standard InChI is InChI=1S/C18H24N2O2/c1-3-8-20-9-5-15(6-10-20)22-17-12-14-4-7-19-18(21)16(14)11-13(17)2/h4,7,11-12,15H,3,5-6,8-10H2,1-2H3,(H,19,21). The molecule has 1 N–H and O–H groups in total. The predicted octanol–water partition coefficient (Wildman–Crippen LogP) is 3.09. The van der Waals surface area contributed by atoms with Crippen molar-refractivity contribution in [1.29, 1.82) is 0 Å². The van der Waals surface area contributed by atoms with Crippen molar-refractivity contribution >= 4 is 10.8 Å². The van der Waals surface area contributed by atoms with Crippen molar-refractivity contribution in [2.24, 2.45) is 0 Å². The third kappa shape index (κ3) is 3.17. The Labute approximate surface area is 131 Å². The molecule has 1 aromatic carbocycles. The van der Waals surface area contributed by atoms with Crippen LogP contribution in [0.5, 0.6) is 5.75 Å². The lowest BCUT2D eigenvalue weighted by molar-refractivity contribution is 0.100. The topological polar surface area (TPSA) is 45.3 Å². The summed E-state index contributed by atoms with van der Waals surface area (Å²) in [5.74, 6) is 0.909. The average molecular weight is 300 g/mol. The highest BCUT2D eigenvalue weighted by Crippen LogP contribution is 2.26. The molecule has 0 aliphatic carbocycles. The van der Waals surface area contributed by atoms with Crippen LogP contribution in [-0.4, -0.2) is 35.6 Å². The number of nitrogens with one attached hydrogen (secondary N) is 1. The van der Waals surface area contributed by atoms with Crippen LogP contribution in [0.2, 0.25) is 0 Å². The number of hydrogen-bond donors (Lipinski definition) is 1. The van der Waals surface area contributed by atoms with Crippen LogP contribution in [0.15, 0.2) is 29.2 Å². The van der Waals surface area contributed by atoms with E-state index >= 15 is 0 Å². The van der Waals surface area contributed by atoms with Crippen molar-refractivity contribution in [1.82, 2.24) is 9.88 Å². The number of fused-ring (bicyclic) bond motifs is 1. The zero-order valence-corrected chi connectivity index (χ0v) is 13.4. The van der Waals surface area contributed by atoms with Gasteiger partial charge in [-0.3, -0.25) is 4.79 Å². The van der Waals surface area contributed by atoms with Gasteiger partial charge >= 0.3 is 0 Å². The second-order valence-electron chi connectivity index (χ2n) is 6.17. The highest BCUT2D eigenvalue weighted by Gasteiger charge is 2.20. The molecule has 0 bridgehead atoms. The Morgan fingerprint density at radius 1 is 1.32 bits per heavy atom. The molecule has 22 heavy (non-hydrogen) atoms. The molecule has 1 aliphatic heterocycles. The van der Waals surface area contributed by atoms with Crippen molar-refractivity contribution in [3.05, 3.63) is 40.3 Å². The smallest absolute Gasteiger partial charge is 0.255 e. The van der Waals surface area contributed by atoms with Crippen LogP contribution in [0.25, 0.3) is 10.8 Å². The summed E-state index contributed by atoms with van der Waals surface area (Å²) in [5, 5.41) is 1.66. The first kappa shape index (κ1) is 15.1. The van der Waals surface area contributed by atoms with E-state index < -0.39 is 0 Å². The number of aromatic amines is 1. The van der Waals surface area contributed by atoms with Gasteiger partial charge in [0.2, 0.25) is 0 Å². The van der Waals surface area contributed by atoms with Crippen LogP contribution in [0.3, 0.4) is 0 Å². The molecule has 3 rings (SSSR count). The number of H-pyrrole nitrogens is 1. The Bertz CT molecular complexity index is 700. The SMILES string of the molecule is CCCN1CCC(Oc2cc3cc[nH]c(=O)c3cc2C)CC1. The highest BCUT2D eigenvalue weighted by atomic mass is 16.5. The summed E-state index contributed by atoms with van der Waals surface area (Å²) in [6.45, 7) is 7.65. The van der Waals surface area contributed by atoms with Crippen LogP contribution in [0.4, 0.5) is 0 Å². The largest absolute Gasteiger partial charge is 0.490 e. The number of likely N-dealkylation sites (tertiary alicyclic amines) is 1. The summed E-state index contributed by atoms with van der Waals surface area (Å²) in [6.07, 6.45) is 5.34. The summed E-state index contributed by atoms with van der Waals surface area (Å²) in [7, 11) is 0. The number of pyridine rings is 1. The lowest BCUT2D eigenvalue weighted by Crippen LogP contribution is -2.38. The van der Waals surface area contributed by atoms with Gasteiger partial charge in [0.05, 0.1) is 0 Å². The van der Waals surface area contributed by atoms with E-state index in [0.717, 1.165) is 48.0 Å². The number of benzene rings is 1. The van der Waals surface area contributed by atoms with Gasteiger partial charge < -0.3 is 14.6 Å². The van der Waals surface area contributed by atoms with Crippen molar-refractivity contribution in [2.75, 3.05) is 19.6 Å². The number of piperidine rings is 1. The van der Waals surface area contributed by atoms with Crippen LogP contribution < -0.4 is 10.3 Å². The summed E-state index contributed by atoms with van der Waals surface area (Å²) in [4.78, 5) is 17.1.